The van der Waals surface area contributed by atoms with E-state index in [0.717, 1.165) is 62.1 Å². The molecule has 0 amide bonds. The van der Waals surface area contributed by atoms with Gasteiger partial charge < -0.3 is 15.3 Å². The zero-order chi connectivity index (χ0) is 25.8. The number of hydrogen-bond acceptors (Lipinski definition) is 5. The van der Waals surface area contributed by atoms with Gasteiger partial charge in [-0.05, 0) is 104 Å². The number of rotatable bonds is 8. The molecule has 2 fully saturated rings. The molecule has 5 rings (SSSR count). The predicted octanol–water partition coefficient (Wildman–Crippen LogP) is 5.94. The minimum absolute atomic E-state index is 0.123. The van der Waals surface area contributed by atoms with E-state index in [1.54, 1.807) is 13.0 Å². The van der Waals surface area contributed by atoms with Crippen LogP contribution in [0.3, 0.4) is 0 Å². The minimum atomic E-state index is -0.320. The summed E-state index contributed by atoms with van der Waals surface area (Å²) in [5.41, 5.74) is 7.98. The van der Waals surface area contributed by atoms with Crippen LogP contribution in [0.15, 0.2) is 71.8 Å². The molecule has 0 radical (unpaired) electrons. The van der Waals surface area contributed by atoms with E-state index in [9.17, 15) is 15.2 Å². The lowest BCUT2D eigenvalue weighted by atomic mass is 9.85. The van der Waals surface area contributed by atoms with Crippen molar-refractivity contribution in [2.75, 3.05) is 37.7 Å². The van der Waals surface area contributed by atoms with Crippen LogP contribution in [-0.2, 0) is 0 Å². The fourth-order valence-electron chi connectivity index (χ4n) is 6.18. The molecule has 1 unspecified atom stereocenters. The van der Waals surface area contributed by atoms with Crippen LogP contribution in [-0.4, -0.2) is 42.8 Å². The van der Waals surface area contributed by atoms with Crippen molar-refractivity contribution in [3.63, 3.8) is 0 Å². The van der Waals surface area contributed by atoms with E-state index in [4.69, 9.17) is 0 Å². The standard InChI is InChI=1S/C31H37N3O3/c1-23-20-26(11-14-29(23)34(36)37)30(28(8-5-19-35)24-6-3-2-4-7-24)25-9-12-27(13-10-25)33-18-16-31(22-33)15-17-32-21-31/h3,6-7,9-14,20,32,35H,2,4-5,8,15-19,21-22H2,1H3/b30-28+. The summed E-state index contributed by atoms with van der Waals surface area (Å²) in [6.45, 7) is 6.35. The Kier molecular flexibility index (Phi) is 7.58. The maximum absolute atomic E-state index is 11.5. The first kappa shape index (κ1) is 25.4. The lowest BCUT2D eigenvalue weighted by Gasteiger charge is -2.24. The fraction of sp³-hybridized carbons (Fsp3) is 0.419. The van der Waals surface area contributed by atoms with Gasteiger partial charge in [0.15, 0.2) is 0 Å². The second-order valence-electron chi connectivity index (χ2n) is 10.7. The summed E-state index contributed by atoms with van der Waals surface area (Å²) in [5, 5.41) is 24.7. The number of aliphatic hydroxyl groups excluding tert-OH is 1. The van der Waals surface area contributed by atoms with Crippen molar-refractivity contribution in [1.29, 1.82) is 0 Å². The molecular formula is C31H37N3O3. The molecular weight excluding hydrogens is 462 g/mol. The van der Waals surface area contributed by atoms with E-state index in [0.29, 0.717) is 17.4 Å². The Morgan fingerprint density at radius 2 is 1.95 bits per heavy atom. The number of hydrogen-bond donors (Lipinski definition) is 2. The summed E-state index contributed by atoms with van der Waals surface area (Å²) in [4.78, 5) is 13.7. The number of allylic oxidation sites excluding steroid dienone is 5. The number of benzene rings is 2. The van der Waals surface area contributed by atoms with Gasteiger partial charge in [0, 0.05) is 49.0 Å². The van der Waals surface area contributed by atoms with E-state index >= 15 is 0 Å². The summed E-state index contributed by atoms with van der Waals surface area (Å²) in [5.74, 6) is 0. The van der Waals surface area contributed by atoms with Crippen molar-refractivity contribution in [1.82, 2.24) is 5.32 Å². The number of nitrogens with one attached hydrogen (secondary N) is 1. The van der Waals surface area contributed by atoms with Crippen LogP contribution in [0.4, 0.5) is 11.4 Å². The van der Waals surface area contributed by atoms with Crippen molar-refractivity contribution in [2.45, 2.75) is 45.4 Å². The molecule has 2 saturated heterocycles. The Labute approximate surface area is 219 Å². The minimum Gasteiger partial charge on any atom is -0.396 e. The molecule has 6 nitrogen and oxygen atoms in total. The van der Waals surface area contributed by atoms with Crippen molar-refractivity contribution in [2.24, 2.45) is 5.41 Å². The monoisotopic (exact) mass is 499 g/mol. The molecule has 37 heavy (non-hydrogen) atoms. The highest BCUT2D eigenvalue weighted by Crippen LogP contribution is 2.40. The molecule has 194 valence electrons. The molecule has 1 aliphatic carbocycles. The van der Waals surface area contributed by atoms with Crippen LogP contribution >= 0.6 is 0 Å². The quantitative estimate of drug-likeness (QED) is 0.347. The zero-order valence-electron chi connectivity index (χ0n) is 21.7. The number of aliphatic hydroxyl groups is 1. The van der Waals surface area contributed by atoms with Gasteiger partial charge in [-0.2, -0.15) is 0 Å². The number of nitrogens with zero attached hydrogens (tertiary/aromatic N) is 2. The normalized spacial score (nSPS) is 21.9. The Morgan fingerprint density at radius 3 is 2.59 bits per heavy atom. The van der Waals surface area contributed by atoms with Gasteiger partial charge in [-0.1, -0.05) is 30.4 Å². The number of nitro groups is 1. The first-order valence-electron chi connectivity index (χ1n) is 13.5. The number of nitro benzene ring substituents is 1. The second kappa shape index (κ2) is 11.0. The van der Waals surface area contributed by atoms with Gasteiger partial charge in [-0.15, -0.1) is 0 Å². The Morgan fingerprint density at radius 1 is 1.14 bits per heavy atom. The molecule has 1 atom stereocenters. The van der Waals surface area contributed by atoms with Crippen LogP contribution in [0, 0.1) is 22.5 Å². The van der Waals surface area contributed by atoms with E-state index < -0.39 is 0 Å². The molecule has 1 spiro atoms. The van der Waals surface area contributed by atoms with Crippen molar-refractivity contribution in [3.05, 3.63) is 98.6 Å². The summed E-state index contributed by atoms with van der Waals surface area (Å²) < 4.78 is 0. The first-order valence-corrected chi connectivity index (χ1v) is 13.5. The third-order valence-corrected chi connectivity index (χ3v) is 8.20. The fourth-order valence-corrected chi connectivity index (χ4v) is 6.18. The summed E-state index contributed by atoms with van der Waals surface area (Å²) >= 11 is 0. The van der Waals surface area contributed by atoms with Crippen molar-refractivity contribution >= 4 is 16.9 Å². The summed E-state index contributed by atoms with van der Waals surface area (Å²) in [7, 11) is 0. The molecule has 0 saturated carbocycles. The molecule has 0 aromatic heterocycles. The Bertz CT molecular complexity index is 1240. The van der Waals surface area contributed by atoms with Gasteiger partial charge >= 0.3 is 0 Å². The van der Waals surface area contributed by atoms with Crippen LogP contribution in [0.1, 0.15) is 55.2 Å². The first-order chi connectivity index (χ1) is 18.0. The largest absolute Gasteiger partial charge is 0.396 e. The second-order valence-corrected chi connectivity index (χ2v) is 10.7. The van der Waals surface area contributed by atoms with Crippen molar-refractivity contribution < 1.29 is 10.0 Å². The topological polar surface area (TPSA) is 78.6 Å². The van der Waals surface area contributed by atoms with Gasteiger partial charge in [-0.3, -0.25) is 10.1 Å². The highest BCUT2D eigenvalue weighted by atomic mass is 16.6. The average molecular weight is 500 g/mol. The highest BCUT2D eigenvalue weighted by Gasteiger charge is 2.40. The summed E-state index contributed by atoms with van der Waals surface area (Å²) in [6.07, 6.45) is 12.6. The number of anilines is 1. The lowest BCUT2D eigenvalue weighted by molar-refractivity contribution is -0.385. The number of aryl methyl sites for hydroxylation is 1. The van der Waals surface area contributed by atoms with Gasteiger partial charge in [0.2, 0.25) is 0 Å². The Balaban J connectivity index is 1.56. The summed E-state index contributed by atoms with van der Waals surface area (Å²) in [6, 6.07) is 14.3. The molecule has 6 heteroatoms. The van der Waals surface area contributed by atoms with Gasteiger partial charge in [0.25, 0.3) is 5.69 Å². The molecule has 3 aliphatic rings. The molecule has 0 bridgehead atoms. The maximum Gasteiger partial charge on any atom is 0.272 e. The smallest absolute Gasteiger partial charge is 0.272 e. The lowest BCUT2D eigenvalue weighted by Crippen LogP contribution is -2.29. The zero-order valence-corrected chi connectivity index (χ0v) is 21.7. The van der Waals surface area contributed by atoms with Crippen LogP contribution < -0.4 is 10.2 Å². The maximum atomic E-state index is 11.5. The molecule has 2 aromatic rings. The third-order valence-electron chi connectivity index (χ3n) is 8.20. The van der Waals surface area contributed by atoms with Gasteiger partial charge in [0.05, 0.1) is 4.92 Å². The predicted molar refractivity (Wildman–Crippen MR) is 150 cm³/mol. The van der Waals surface area contributed by atoms with E-state index in [1.165, 1.54) is 29.7 Å². The van der Waals surface area contributed by atoms with Gasteiger partial charge in [-0.25, -0.2) is 0 Å². The molecule has 2 heterocycles. The van der Waals surface area contributed by atoms with E-state index in [2.05, 4.69) is 52.7 Å². The highest BCUT2D eigenvalue weighted by molar-refractivity contribution is 5.86. The van der Waals surface area contributed by atoms with Crippen LogP contribution in [0.25, 0.3) is 5.57 Å². The average Bonchev–Trinajstić information content (AvgIpc) is 3.56. The van der Waals surface area contributed by atoms with Crippen molar-refractivity contribution in [3.8, 4) is 0 Å². The third kappa shape index (κ3) is 5.41. The van der Waals surface area contributed by atoms with Crippen LogP contribution in [0.5, 0.6) is 0 Å². The molecule has 2 aliphatic heterocycles. The Hall–Kier alpha value is -3.22. The SMILES string of the molecule is Cc1cc(/C(=C(\CCCO)C2=CCCC=C2)c2ccc(N3CCC4(CCNC4)C3)cc2)ccc1[N+](=O)[O-]. The molecule has 2 aromatic carbocycles. The van der Waals surface area contributed by atoms with E-state index in [1.807, 2.05) is 12.1 Å². The van der Waals surface area contributed by atoms with E-state index in [-0.39, 0.29) is 17.2 Å². The van der Waals surface area contributed by atoms with Gasteiger partial charge in [0.1, 0.15) is 0 Å². The molecule has 2 N–H and O–H groups in total. The van der Waals surface area contributed by atoms with Crippen LogP contribution in [0.2, 0.25) is 0 Å².